The third-order valence-electron chi connectivity index (χ3n) is 3.77. The van der Waals surface area contributed by atoms with E-state index in [4.69, 9.17) is 4.74 Å². The first-order chi connectivity index (χ1) is 12.7. The monoisotopic (exact) mass is 367 g/mol. The van der Waals surface area contributed by atoms with Gasteiger partial charge in [0.1, 0.15) is 12.4 Å². The molecule has 0 saturated carbocycles. The molecule has 5 nitrogen and oxygen atoms in total. The highest BCUT2D eigenvalue weighted by atomic mass is 32.1. The summed E-state index contributed by atoms with van der Waals surface area (Å²) < 4.78 is 5.71. The molecule has 134 valence electrons. The molecule has 0 aliphatic rings. The summed E-state index contributed by atoms with van der Waals surface area (Å²) in [5.74, 6) is 0.560. The fraction of sp³-hybridized carbons (Fsp3) is 0.250. The quantitative estimate of drug-likeness (QED) is 0.626. The van der Waals surface area contributed by atoms with Crippen molar-refractivity contribution in [2.24, 2.45) is 0 Å². The summed E-state index contributed by atoms with van der Waals surface area (Å²) in [5, 5.41) is 5.32. The Morgan fingerprint density at radius 2 is 2.08 bits per heavy atom. The van der Waals surface area contributed by atoms with Gasteiger partial charge in [0.2, 0.25) is 0 Å². The van der Waals surface area contributed by atoms with E-state index in [-0.39, 0.29) is 5.91 Å². The second kappa shape index (κ2) is 9.10. The minimum atomic E-state index is -0.179. The predicted molar refractivity (Wildman–Crippen MR) is 104 cm³/mol. The van der Waals surface area contributed by atoms with E-state index in [1.54, 1.807) is 12.4 Å². The molecule has 0 unspecified atom stereocenters. The van der Waals surface area contributed by atoms with Crippen molar-refractivity contribution in [3.8, 4) is 5.75 Å². The van der Waals surface area contributed by atoms with Gasteiger partial charge < -0.3 is 10.1 Å². The number of nitrogens with zero attached hydrogens (tertiary/aromatic N) is 2. The second-order valence-corrected chi connectivity index (χ2v) is 6.73. The smallest absolute Gasteiger partial charge is 0.284 e. The van der Waals surface area contributed by atoms with Crippen LogP contribution in [0.5, 0.6) is 5.75 Å². The van der Waals surface area contributed by atoms with Crippen molar-refractivity contribution >= 4 is 22.9 Å². The third-order valence-corrected chi connectivity index (χ3v) is 4.66. The lowest BCUT2D eigenvalue weighted by Gasteiger charge is -2.07. The van der Waals surface area contributed by atoms with Crippen molar-refractivity contribution in [1.29, 1.82) is 0 Å². The van der Waals surface area contributed by atoms with E-state index in [9.17, 15) is 4.79 Å². The third kappa shape index (κ3) is 5.13. The Hall–Kier alpha value is -2.73. The zero-order valence-electron chi connectivity index (χ0n) is 14.6. The highest BCUT2D eigenvalue weighted by molar-refractivity contribution is 7.11. The standard InChI is InChI=1S/C20H21N3O2S/c1-2-3-6-17-14-26-20(23-17)19(24)22-16-7-9-18(10-8-16)25-13-15-5-4-11-21-12-15/h4-5,7-12,14H,2-3,6,13H2,1H3,(H,22,24). The number of hydrogen-bond donors (Lipinski definition) is 1. The van der Waals surface area contributed by atoms with Crippen LogP contribution in [-0.2, 0) is 13.0 Å². The number of unbranched alkanes of at least 4 members (excludes halogenated alkanes) is 1. The van der Waals surface area contributed by atoms with Crippen molar-refractivity contribution in [3.63, 3.8) is 0 Å². The predicted octanol–water partition coefficient (Wildman–Crippen LogP) is 4.71. The van der Waals surface area contributed by atoms with E-state index in [0.717, 1.165) is 36.3 Å². The second-order valence-electron chi connectivity index (χ2n) is 5.88. The number of rotatable bonds is 8. The molecule has 2 aromatic heterocycles. The average Bonchev–Trinajstić information content (AvgIpc) is 3.16. The molecule has 2 heterocycles. The van der Waals surface area contributed by atoms with Crippen LogP contribution in [0.2, 0.25) is 0 Å². The minimum absolute atomic E-state index is 0.179. The first-order valence-corrected chi connectivity index (χ1v) is 9.50. The molecule has 0 atom stereocenters. The number of carbonyl (C=O) groups is 1. The Kier molecular flexibility index (Phi) is 6.33. The van der Waals surface area contributed by atoms with Crippen LogP contribution in [0, 0.1) is 0 Å². The molecule has 6 heteroatoms. The van der Waals surface area contributed by atoms with E-state index in [0.29, 0.717) is 17.3 Å². The van der Waals surface area contributed by atoms with Crippen LogP contribution in [0.15, 0.2) is 54.2 Å². The SMILES string of the molecule is CCCCc1csc(C(=O)Nc2ccc(OCc3cccnc3)cc2)n1. The lowest BCUT2D eigenvalue weighted by Crippen LogP contribution is -2.11. The van der Waals surface area contributed by atoms with E-state index >= 15 is 0 Å². The molecule has 0 bridgehead atoms. The van der Waals surface area contributed by atoms with Crippen molar-refractivity contribution in [1.82, 2.24) is 9.97 Å². The van der Waals surface area contributed by atoms with E-state index in [1.165, 1.54) is 11.3 Å². The van der Waals surface area contributed by atoms with Gasteiger partial charge in [-0.2, -0.15) is 0 Å². The van der Waals surface area contributed by atoms with Crippen LogP contribution >= 0.6 is 11.3 Å². The van der Waals surface area contributed by atoms with Crippen LogP contribution in [-0.4, -0.2) is 15.9 Å². The molecule has 3 rings (SSSR count). The van der Waals surface area contributed by atoms with Crippen LogP contribution in [0.4, 0.5) is 5.69 Å². The topological polar surface area (TPSA) is 64.1 Å². The highest BCUT2D eigenvalue weighted by Crippen LogP contribution is 2.19. The number of ether oxygens (including phenoxy) is 1. The number of nitrogens with one attached hydrogen (secondary N) is 1. The Morgan fingerprint density at radius 1 is 1.23 bits per heavy atom. The Bertz CT molecular complexity index is 832. The molecule has 3 aromatic rings. The van der Waals surface area contributed by atoms with Gasteiger partial charge in [0.15, 0.2) is 5.01 Å². The van der Waals surface area contributed by atoms with Gasteiger partial charge in [0.05, 0.1) is 5.69 Å². The highest BCUT2D eigenvalue weighted by Gasteiger charge is 2.11. The van der Waals surface area contributed by atoms with Gasteiger partial charge in [-0.1, -0.05) is 19.4 Å². The largest absolute Gasteiger partial charge is 0.489 e. The van der Waals surface area contributed by atoms with Gasteiger partial charge in [-0.3, -0.25) is 9.78 Å². The molecular formula is C20H21N3O2S. The summed E-state index contributed by atoms with van der Waals surface area (Å²) in [6.45, 7) is 2.60. The zero-order valence-corrected chi connectivity index (χ0v) is 15.5. The number of hydrogen-bond acceptors (Lipinski definition) is 5. The zero-order chi connectivity index (χ0) is 18.2. The van der Waals surface area contributed by atoms with Gasteiger partial charge >= 0.3 is 0 Å². The Balaban J connectivity index is 1.53. The van der Waals surface area contributed by atoms with Crippen LogP contribution < -0.4 is 10.1 Å². The summed E-state index contributed by atoms with van der Waals surface area (Å²) >= 11 is 1.38. The van der Waals surface area contributed by atoms with E-state index in [2.05, 4.69) is 22.2 Å². The van der Waals surface area contributed by atoms with Crippen LogP contribution in [0.3, 0.4) is 0 Å². The van der Waals surface area contributed by atoms with Crippen molar-refractivity contribution in [3.05, 3.63) is 70.4 Å². The molecule has 1 amide bonds. The number of aromatic nitrogens is 2. The first-order valence-electron chi connectivity index (χ1n) is 8.62. The van der Waals surface area contributed by atoms with Gasteiger partial charge in [0, 0.05) is 29.0 Å². The van der Waals surface area contributed by atoms with Crippen LogP contribution in [0.25, 0.3) is 0 Å². The average molecular weight is 367 g/mol. The molecule has 0 fully saturated rings. The number of amides is 1. The molecule has 1 N–H and O–H groups in total. The molecule has 0 aliphatic heterocycles. The van der Waals surface area contributed by atoms with Crippen LogP contribution in [0.1, 0.15) is 40.8 Å². The molecule has 26 heavy (non-hydrogen) atoms. The van der Waals surface area contributed by atoms with E-state index in [1.807, 2.05) is 41.8 Å². The number of pyridine rings is 1. The Labute approximate surface area is 157 Å². The van der Waals surface area contributed by atoms with Crippen molar-refractivity contribution < 1.29 is 9.53 Å². The summed E-state index contributed by atoms with van der Waals surface area (Å²) in [7, 11) is 0. The Morgan fingerprint density at radius 3 is 2.81 bits per heavy atom. The van der Waals surface area contributed by atoms with E-state index < -0.39 is 0 Å². The van der Waals surface area contributed by atoms with Gasteiger partial charge in [-0.05, 0) is 43.2 Å². The number of thiazole rings is 1. The van der Waals surface area contributed by atoms with Gasteiger partial charge in [-0.25, -0.2) is 4.98 Å². The lowest BCUT2D eigenvalue weighted by molar-refractivity contribution is 0.102. The summed E-state index contributed by atoms with van der Waals surface area (Å²) in [6.07, 6.45) is 6.64. The van der Waals surface area contributed by atoms with Gasteiger partial charge in [-0.15, -0.1) is 11.3 Å². The fourth-order valence-electron chi connectivity index (χ4n) is 2.35. The molecule has 0 spiro atoms. The molecular weight excluding hydrogens is 346 g/mol. The maximum absolute atomic E-state index is 12.3. The summed E-state index contributed by atoms with van der Waals surface area (Å²) in [6, 6.07) is 11.2. The van der Waals surface area contributed by atoms with Gasteiger partial charge in [0.25, 0.3) is 5.91 Å². The summed E-state index contributed by atoms with van der Waals surface area (Å²) in [4.78, 5) is 20.8. The maximum atomic E-state index is 12.3. The maximum Gasteiger partial charge on any atom is 0.284 e. The molecule has 1 aromatic carbocycles. The van der Waals surface area contributed by atoms with Crippen molar-refractivity contribution in [2.75, 3.05) is 5.32 Å². The lowest BCUT2D eigenvalue weighted by atomic mass is 10.2. The van der Waals surface area contributed by atoms with Crippen molar-refractivity contribution in [2.45, 2.75) is 32.8 Å². The molecule has 0 aliphatic carbocycles. The fourth-order valence-corrected chi connectivity index (χ4v) is 3.10. The number of aryl methyl sites for hydroxylation is 1. The molecule has 0 saturated heterocycles. The molecule has 0 radical (unpaired) electrons. The number of carbonyl (C=O) groups excluding carboxylic acids is 1. The number of anilines is 1. The normalized spacial score (nSPS) is 10.5. The first kappa shape index (κ1) is 18.1. The minimum Gasteiger partial charge on any atom is -0.489 e. The summed E-state index contributed by atoms with van der Waals surface area (Å²) in [5.41, 5.74) is 2.71. The number of benzene rings is 1.